The molecule has 7 heteroatoms. The van der Waals surface area contributed by atoms with E-state index in [4.69, 9.17) is 0 Å². The van der Waals surface area contributed by atoms with Crippen LogP contribution in [-0.4, -0.2) is 26.2 Å². The van der Waals surface area contributed by atoms with Crippen LogP contribution in [0, 0.1) is 0 Å². The Morgan fingerprint density at radius 1 is 0.875 bits per heavy atom. The topological polar surface area (TPSA) is 103 Å². The number of rotatable bonds is 7. The first kappa shape index (κ1) is 21.4. The molecule has 6 nitrogen and oxygen atoms in total. The minimum absolute atomic E-state index is 0.183. The van der Waals surface area contributed by atoms with E-state index in [0.717, 1.165) is 27.3 Å². The van der Waals surface area contributed by atoms with E-state index >= 15 is 0 Å². The lowest BCUT2D eigenvalue weighted by molar-refractivity contribution is -0.116. The van der Waals surface area contributed by atoms with Gasteiger partial charge in [0.1, 0.15) is 5.75 Å². The molecular weight excluding hydrogens is 424 g/mol. The third-order valence-corrected chi connectivity index (χ3v) is 5.94. The first-order valence-electron chi connectivity index (χ1n) is 10.1. The maximum absolute atomic E-state index is 12.5. The Balaban J connectivity index is 1.51. The molecule has 0 fully saturated rings. The van der Waals surface area contributed by atoms with Gasteiger partial charge in [0.05, 0.1) is 5.69 Å². The molecule has 0 aliphatic rings. The number of hydrogen-bond acceptors (Lipinski definition) is 6. The monoisotopic (exact) mass is 446 g/mol. The molecule has 4 aromatic rings. The van der Waals surface area contributed by atoms with Gasteiger partial charge in [0.15, 0.2) is 16.6 Å². The van der Waals surface area contributed by atoms with Gasteiger partial charge in [0.25, 0.3) is 0 Å². The van der Waals surface area contributed by atoms with Gasteiger partial charge in [-0.15, -0.1) is 11.3 Å². The summed E-state index contributed by atoms with van der Waals surface area (Å²) in [6.07, 6.45) is 1.32. The number of phenols is 3. The third-order valence-electron chi connectivity index (χ3n) is 4.97. The fourth-order valence-electron chi connectivity index (χ4n) is 3.32. The second-order valence-corrected chi connectivity index (χ2v) is 8.45. The fraction of sp³-hybridized carbons (Fsp3) is 0.120. The quantitative estimate of drug-likeness (QED) is 0.296. The van der Waals surface area contributed by atoms with Gasteiger partial charge in [-0.1, -0.05) is 36.4 Å². The summed E-state index contributed by atoms with van der Waals surface area (Å²) in [6, 6.07) is 21.4. The highest BCUT2D eigenvalue weighted by atomic mass is 32.1. The number of phenolic OH excluding ortho intramolecular Hbond substituents is 3. The number of anilines is 1. The van der Waals surface area contributed by atoms with Crippen LogP contribution in [0.5, 0.6) is 17.2 Å². The zero-order valence-electron chi connectivity index (χ0n) is 17.2. The Morgan fingerprint density at radius 2 is 1.62 bits per heavy atom. The number of nitrogens with one attached hydrogen (secondary N) is 1. The van der Waals surface area contributed by atoms with E-state index < -0.39 is 0 Å². The zero-order valence-corrected chi connectivity index (χ0v) is 18.0. The number of amides is 1. The van der Waals surface area contributed by atoms with Gasteiger partial charge in [0, 0.05) is 23.3 Å². The molecule has 1 aromatic heterocycles. The van der Waals surface area contributed by atoms with Crippen LogP contribution in [0.15, 0.2) is 72.8 Å². The zero-order chi connectivity index (χ0) is 22.5. The number of aromatic nitrogens is 1. The number of aryl methyl sites for hydroxylation is 1. The van der Waals surface area contributed by atoms with Crippen molar-refractivity contribution in [2.75, 3.05) is 5.32 Å². The molecule has 32 heavy (non-hydrogen) atoms. The van der Waals surface area contributed by atoms with Crippen LogP contribution in [0.3, 0.4) is 0 Å². The molecule has 1 amide bonds. The number of aromatic hydroxyl groups is 3. The van der Waals surface area contributed by atoms with Crippen LogP contribution in [-0.2, 0) is 17.6 Å². The summed E-state index contributed by atoms with van der Waals surface area (Å²) in [4.78, 5) is 18.2. The summed E-state index contributed by atoms with van der Waals surface area (Å²) >= 11 is 1.43. The molecule has 0 saturated carbocycles. The summed E-state index contributed by atoms with van der Waals surface area (Å²) in [5.41, 5.74) is 3.54. The highest BCUT2D eigenvalue weighted by Crippen LogP contribution is 2.34. The number of benzene rings is 3. The normalized spacial score (nSPS) is 10.8. The third kappa shape index (κ3) is 5.25. The largest absolute Gasteiger partial charge is 0.508 e. The first-order chi connectivity index (χ1) is 15.5. The summed E-state index contributed by atoms with van der Waals surface area (Å²) in [7, 11) is 0. The fourth-order valence-corrected chi connectivity index (χ4v) is 4.35. The highest BCUT2D eigenvalue weighted by molar-refractivity contribution is 7.16. The standard InChI is InChI=1S/C25H22N2O4S/c28-19-10-8-18(9-11-19)24-22(15-16-4-2-1-3-5-16)32-25(27-24)26-23(31)13-7-17-6-12-20(29)21(30)14-17/h1-6,8-12,14,28-30H,7,13,15H2,(H,26,27,31). The van der Waals surface area contributed by atoms with Gasteiger partial charge in [-0.2, -0.15) is 0 Å². The lowest BCUT2D eigenvalue weighted by Crippen LogP contribution is -2.12. The molecule has 1 heterocycles. The van der Waals surface area contributed by atoms with Crippen molar-refractivity contribution in [3.8, 4) is 28.5 Å². The summed E-state index contributed by atoms with van der Waals surface area (Å²) < 4.78 is 0. The van der Waals surface area contributed by atoms with Gasteiger partial charge in [0.2, 0.25) is 5.91 Å². The van der Waals surface area contributed by atoms with E-state index in [2.05, 4.69) is 10.3 Å². The molecule has 0 spiro atoms. The van der Waals surface area contributed by atoms with Gasteiger partial charge >= 0.3 is 0 Å². The molecule has 0 aliphatic heterocycles. The predicted octanol–water partition coefficient (Wildman–Crippen LogP) is 5.09. The number of thiazole rings is 1. The van der Waals surface area contributed by atoms with Crippen LogP contribution in [0.2, 0.25) is 0 Å². The first-order valence-corrected chi connectivity index (χ1v) is 10.9. The molecule has 0 bridgehead atoms. The van der Waals surface area contributed by atoms with E-state index in [0.29, 0.717) is 18.0 Å². The van der Waals surface area contributed by atoms with Crippen LogP contribution in [0.4, 0.5) is 5.13 Å². The average Bonchev–Trinajstić information content (AvgIpc) is 3.17. The predicted molar refractivity (Wildman–Crippen MR) is 125 cm³/mol. The van der Waals surface area contributed by atoms with Crippen LogP contribution >= 0.6 is 11.3 Å². The van der Waals surface area contributed by atoms with Crippen LogP contribution in [0.25, 0.3) is 11.3 Å². The van der Waals surface area contributed by atoms with Crippen molar-refractivity contribution >= 4 is 22.4 Å². The minimum atomic E-state index is -0.202. The average molecular weight is 447 g/mol. The molecule has 4 N–H and O–H groups in total. The molecule has 4 rings (SSSR count). The van der Waals surface area contributed by atoms with Crippen molar-refractivity contribution in [3.63, 3.8) is 0 Å². The van der Waals surface area contributed by atoms with E-state index in [1.54, 1.807) is 18.2 Å². The molecule has 0 radical (unpaired) electrons. The minimum Gasteiger partial charge on any atom is -0.508 e. The van der Waals surface area contributed by atoms with Gasteiger partial charge in [-0.25, -0.2) is 4.98 Å². The number of nitrogens with zero attached hydrogens (tertiary/aromatic N) is 1. The highest BCUT2D eigenvalue weighted by Gasteiger charge is 2.16. The van der Waals surface area contributed by atoms with Crippen molar-refractivity contribution in [1.29, 1.82) is 0 Å². The van der Waals surface area contributed by atoms with Gasteiger partial charge < -0.3 is 20.6 Å². The smallest absolute Gasteiger partial charge is 0.226 e. The van der Waals surface area contributed by atoms with Gasteiger partial charge in [-0.3, -0.25) is 4.79 Å². The number of carbonyl (C=O) groups excluding carboxylic acids is 1. The maximum Gasteiger partial charge on any atom is 0.226 e. The summed E-state index contributed by atoms with van der Waals surface area (Å²) in [5.74, 6) is -0.391. The maximum atomic E-state index is 12.5. The van der Waals surface area contributed by atoms with E-state index in [1.165, 1.54) is 23.5 Å². The SMILES string of the molecule is O=C(CCc1ccc(O)c(O)c1)Nc1nc(-c2ccc(O)cc2)c(Cc2ccccc2)s1. The second-order valence-electron chi connectivity index (χ2n) is 7.37. The lowest BCUT2D eigenvalue weighted by atomic mass is 10.1. The van der Waals surface area contributed by atoms with Crippen LogP contribution in [0.1, 0.15) is 22.4 Å². The van der Waals surface area contributed by atoms with Gasteiger partial charge in [-0.05, 0) is 53.9 Å². The summed E-state index contributed by atoms with van der Waals surface area (Å²) in [6.45, 7) is 0. The van der Waals surface area contributed by atoms with Crippen LogP contribution < -0.4 is 5.32 Å². The number of hydrogen-bond donors (Lipinski definition) is 4. The Hall–Kier alpha value is -3.84. The van der Waals surface area contributed by atoms with E-state index in [-0.39, 0.29) is 29.6 Å². The molecule has 0 saturated heterocycles. The Labute approximate surface area is 189 Å². The van der Waals surface area contributed by atoms with Crippen molar-refractivity contribution in [3.05, 3.63) is 88.8 Å². The number of carbonyl (C=O) groups is 1. The Morgan fingerprint density at radius 3 is 2.34 bits per heavy atom. The summed E-state index contributed by atoms with van der Waals surface area (Å²) in [5, 5.41) is 32.0. The molecule has 0 unspecified atom stereocenters. The van der Waals surface area contributed by atoms with E-state index in [9.17, 15) is 20.1 Å². The lowest BCUT2D eigenvalue weighted by Gasteiger charge is -2.04. The molecule has 0 aliphatic carbocycles. The molecule has 0 atom stereocenters. The van der Waals surface area contributed by atoms with Crippen molar-refractivity contribution in [1.82, 2.24) is 4.98 Å². The van der Waals surface area contributed by atoms with Crippen molar-refractivity contribution < 1.29 is 20.1 Å². The van der Waals surface area contributed by atoms with Crippen molar-refractivity contribution in [2.24, 2.45) is 0 Å². The second kappa shape index (κ2) is 9.53. The Bertz CT molecular complexity index is 1220. The molecule has 3 aromatic carbocycles. The van der Waals surface area contributed by atoms with Crippen molar-refractivity contribution in [2.45, 2.75) is 19.3 Å². The van der Waals surface area contributed by atoms with E-state index in [1.807, 2.05) is 42.5 Å². The molecular formula is C25H22N2O4S. The Kier molecular flexibility index (Phi) is 6.37. The molecule has 162 valence electrons.